The highest BCUT2D eigenvalue weighted by Crippen LogP contribution is 2.28. The highest BCUT2D eigenvalue weighted by atomic mass is 35.5. The zero-order chi connectivity index (χ0) is 15.6. The van der Waals surface area contributed by atoms with Gasteiger partial charge in [0.25, 0.3) is 0 Å². The lowest BCUT2D eigenvalue weighted by Crippen LogP contribution is -2.29. The number of aryl methyl sites for hydroxylation is 1. The number of benzene rings is 1. The third-order valence-corrected chi connectivity index (χ3v) is 6.50. The maximum absolute atomic E-state index is 12.6. The summed E-state index contributed by atoms with van der Waals surface area (Å²) in [5, 5.41) is 2.35. The summed E-state index contributed by atoms with van der Waals surface area (Å²) < 4.78 is 26.6. The Labute approximate surface area is 134 Å². The van der Waals surface area contributed by atoms with Crippen molar-refractivity contribution in [2.24, 2.45) is 0 Å². The molecule has 0 saturated carbocycles. The van der Waals surface area contributed by atoms with Crippen molar-refractivity contribution in [3.8, 4) is 0 Å². The second-order valence-electron chi connectivity index (χ2n) is 4.80. The van der Waals surface area contributed by atoms with E-state index >= 15 is 0 Å². The van der Waals surface area contributed by atoms with Crippen LogP contribution in [0.15, 0.2) is 34.5 Å². The molecule has 0 unspecified atom stereocenters. The van der Waals surface area contributed by atoms with Gasteiger partial charge in [-0.15, -0.1) is 11.3 Å². The summed E-state index contributed by atoms with van der Waals surface area (Å²) in [7, 11) is -1.99. The molecule has 1 heterocycles. The minimum atomic E-state index is -3.56. The third kappa shape index (κ3) is 3.58. The lowest BCUT2D eigenvalue weighted by atomic mass is 10.2. The first-order valence-corrected chi connectivity index (χ1v) is 9.06. The molecule has 7 heteroatoms. The lowest BCUT2D eigenvalue weighted by molar-refractivity contribution is 0.473. The average molecular weight is 345 g/mol. The van der Waals surface area contributed by atoms with Crippen LogP contribution in [0.25, 0.3) is 0 Å². The number of hydrogen-bond acceptors (Lipinski definition) is 4. The number of anilines is 1. The van der Waals surface area contributed by atoms with E-state index in [0.29, 0.717) is 23.6 Å². The van der Waals surface area contributed by atoms with Crippen LogP contribution in [0.1, 0.15) is 10.4 Å². The van der Waals surface area contributed by atoms with Crippen molar-refractivity contribution < 1.29 is 8.42 Å². The molecule has 0 bridgehead atoms. The minimum absolute atomic E-state index is 0.207. The molecule has 2 rings (SSSR count). The number of likely N-dealkylation sites (N-methyl/N-ethyl adjacent to an activating group) is 1. The van der Waals surface area contributed by atoms with Gasteiger partial charge in [0.05, 0.1) is 15.6 Å². The van der Waals surface area contributed by atoms with Crippen molar-refractivity contribution in [3.63, 3.8) is 0 Å². The van der Waals surface area contributed by atoms with Crippen LogP contribution in [0.3, 0.4) is 0 Å². The van der Waals surface area contributed by atoms with Gasteiger partial charge in [0, 0.05) is 18.5 Å². The summed E-state index contributed by atoms with van der Waals surface area (Å²) >= 11 is 7.53. The molecule has 0 radical (unpaired) electrons. The van der Waals surface area contributed by atoms with Crippen LogP contribution in [0.2, 0.25) is 5.02 Å². The molecule has 0 fully saturated rings. The fraction of sp³-hybridized carbons (Fsp3) is 0.286. The number of hydrogen-bond donors (Lipinski definition) is 1. The molecule has 21 heavy (non-hydrogen) atoms. The van der Waals surface area contributed by atoms with E-state index in [2.05, 4.69) is 0 Å². The maximum atomic E-state index is 12.6. The van der Waals surface area contributed by atoms with Crippen molar-refractivity contribution in [3.05, 3.63) is 45.1 Å². The van der Waals surface area contributed by atoms with E-state index in [1.54, 1.807) is 31.4 Å². The van der Waals surface area contributed by atoms with Gasteiger partial charge in [0.1, 0.15) is 0 Å². The molecule has 2 aromatic rings. The molecule has 0 aliphatic heterocycles. The first-order valence-electron chi connectivity index (χ1n) is 6.36. The van der Waals surface area contributed by atoms with Gasteiger partial charge in [0.2, 0.25) is 10.0 Å². The number of nitrogen functional groups attached to an aromatic ring is 1. The number of rotatable bonds is 5. The van der Waals surface area contributed by atoms with Crippen molar-refractivity contribution in [2.75, 3.05) is 19.3 Å². The summed E-state index contributed by atoms with van der Waals surface area (Å²) in [6, 6.07) is 6.96. The van der Waals surface area contributed by atoms with Gasteiger partial charge in [-0.2, -0.15) is 0 Å². The van der Waals surface area contributed by atoms with Gasteiger partial charge in [-0.05, 0) is 42.5 Å². The number of nitrogens with zero attached hydrogens (tertiary/aromatic N) is 1. The van der Waals surface area contributed by atoms with Gasteiger partial charge < -0.3 is 5.73 Å². The van der Waals surface area contributed by atoms with Crippen LogP contribution in [0.4, 0.5) is 5.69 Å². The fourth-order valence-corrected chi connectivity index (χ4v) is 4.28. The van der Waals surface area contributed by atoms with E-state index in [1.807, 2.05) is 17.5 Å². The van der Waals surface area contributed by atoms with Crippen molar-refractivity contribution in [1.82, 2.24) is 4.31 Å². The largest absolute Gasteiger partial charge is 0.397 e. The molecule has 4 nitrogen and oxygen atoms in total. The minimum Gasteiger partial charge on any atom is -0.397 e. The first-order chi connectivity index (χ1) is 9.82. The molecule has 2 N–H and O–H groups in total. The van der Waals surface area contributed by atoms with Crippen LogP contribution < -0.4 is 5.73 Å². The van der Waals surface area contributed by atoms with Gasteiger partial charge in [-0.25, -0.2) is 12.7 Å². The molecule has 0 spiro atoms. The zero-order valence-electron chi connectivity index (χ0n) is 11.8. The quantitative estimate of drug-likeness (QED) is 0.847. The number of sulfonamides is 1. The summed E-state index contributed by atoms with van der Waals surface area (Å²) in [4.78, 5) is 1.36. The normalized spacial score (nSPS) is 12.0. The molecule has 0 saturated heterocycles. The highest BCUT2D eigenvalue weighted by Gasteiger charge is 2.23. The van der Waals surface area contributed by atoms with Crippen molar-refractivity contribution in [2.45, 2.75) is 18.2 Å². The molecular weight excluding hydrogens is 328 g/mol. The van der Waals surface area contributed by atoms with Gasteiger partial charge in [-0.1, -0.05) is 17.7 Å². The zero-order valence-corrected chi connectivity index (χ0v) is 14.2. The Bertz CT molecular complexity index is 728. The van der Waals surface area contributed by atoms with E-state index in [-0.39, 0.29) is 10.6 Å². The van der Waals surface area contributed by atoms with E-state index in [4.69, 9.17) is 17.3 Å². The topological polar surface area (TPSA) is 63.4 Å². The van der Waals surface area contributed by atoms with Crippen molar-refractivity contribution in [1.29, 1.82) is 0 Å². The van der Waals surface area contributed by atoms with Crippen LogP contribution in [-0.4, -0.2) is 26.3 Å². The van der Waals surface area contributed by atoms with E-state index in [1.165, 1.54) is 10.4 Å². The number of nitrogens with two attached hydrogens (primary N) is 1. The summed E-state index contributed by atoms with van der Waals surface area (Å²) in [6.45, 7) is 2.14. The Morgan fingerprint density at radius 2 is 2.10 bits per heavy atom. The van der Waals surface area contributed by atoms with Gasteiger partial charge >= 0.3 is 0 Å². The molecule has 0 atom stereocenters. The Balaban J connectivity index is 2.22. The third-order valence-electron chi connectivity index (χ3n) is 3.24. The predicted octanol–water partition coefficient (Wildman–Crippen LogP) is 3.16. The Kier molecular flexibility index (Phi) is 4.93. The van der Waals surface area contributed by atoms with E-state index < -0.39 is 10.0 Å². The van der Waals surface area contributed by atoms with E-state index in [9.17, 15) is 8.42 Å². The Morgan fingerprint density at radius 3 is 2.71 bits per heavy atom. The van der Waals surface area contributed by atoms with Gasteiger partial charge in [0.15, 0.2) is 0 Å². The number of halogens is 1. The first kappa shape index (κ1) is 16.3. The second kappa shape index (κ2) is 6.36. The fourth-order valence-electron chi connectivity index (χ4n) is 1.96. The Hall–Kier alpha value is -1.08. The van der Waals surface area contributed by atoms with Crippen LogP contribution in [0.5, 0.6) is 0 Å². The van der Waals surface area contributed by atoms with Gasteiger partial charge in [-0.3, -0.25) is 0 Å². The van der Waals surface area contributed by atoms with Crippen molar-refractivity contribution >= 4 is 38.6 Å². The Morgan fingerprint density at radius 1 is 1.38 bits per heavy atom. The molecular formula is C14H17ClN2O2S2. The average Bonchev–Trinajstić information content (AvgIpc) is 2.93. The molecule has 1 aromatic carbocycles. The predicted molar refractivity (Wildman–Crippen MR) is 88.4 cm³/mol. The molecule has 1 aromatic heterocycles. The highest BCUT2D eigenvalue weighted by molar-refractivity contribution is 7.89. The summed E-state index contributed by atoms with van der Waals surface area (Å²) in [6.07, 6.45) is 0.690. The van der Waals surface area contributed by atoms with Crippen LogP contribution in [0, 0.1) is 6.92 Å². The van der Waals surface area contributed by atoms with Crippen LogP contribution >= 0.6 is 22.9 Å². The molecule has 0 amide bonds. The summed E-state index contributed by atoms with van der Waals surface area (Å²) in [5.41, 5.74) is 6.59. The standard InChI is InChI=1S/C14H17ClN2O2S2/c1-10-8-12(15)13(16)9-14(10)21(18,19)17(2)6-5-11-4-3-7-20-11/h3-4,7-9H,5-6,16H2,1-2H3. The lowest BCUT2D eigenvalue weighted by Gasteiger charge is -2.19. The second-order valence-corrected chi connectivity index (χ2v) is 8.25. The smallest absolute Gasteiger partial charge is 0.243 e. The van der Waals surface area contributed by atoms with E-state index in [0.717, 1.165) is 4.88 Å². The monoisotopic (exact) mass is 344 g/mol. The molecule has 0 aliphatic carbocycles. The SMILES string of the molecule is Cc1cc(Cl)c(N)cc1S(=O)(=O)N(C)CCc1cccs1. The number of thiophene rings is 1. The molecule has 114 valence electrons. The van der Waals surface area contributed by atoms with Crippen LogP contribution in [-0.2, 0) is 16.4 Å². The summed E-state index contributed by atoms with van der Waals surface area (Å²) in [5.74, 6) is 0. The molecule has 0 aliphatic rings. The maximum Gasteiger partial charge on any atom is 0.243 e.